The van der Waals surface area contributed by atoms with Crippen molar-refractivity contribution in [2.45, 2.75) is 42.7 Å². The van der Waals surface area contributed by atoms with E-state index in [1.165, 1.54) is 24.3 Å². The molecule has 0 saturated heterocycles. The van der Waals surface area contributed by atoms with Gasteiger partial charge in [0.1, 0.15) is 0 Å². The van der Waals surface area contributed by atoms with Crippen molar-refractivity contribution in [3.05, 3.63) is 34.4 Å². The number of benzene rings is 1. The van der Waals surface area contributed by atoms with Gasteiger partial charge in [-0.25, -0.2) is 13.1 Å². The van der Waals surface area contributed by atoms with Crippen molar-refractivity contribution in [3.63, 3.8) is 0 Å². The Balaban J connectivity index is 1.77. The molecule has 2 fully saturated rings. The van der Waals surface area contributed by atoms with Crippen LogP contribution in [0.4, 0.5) is 5.69 Å². The monoisotopic (exact) mass is 311 g/mol. The maximum absolute atomic E-state index is 12.3. The first-order chi connectivity index (χ1) is 9.85. The van der Waals surface area contributed by atoms with Crippen LogP contribution in [0, 0.1) is 15.5 Å². The molecule has 114 valence electrons. The third kappa shape index (κ3) is 2.23. The number of hydrogen-bond donors (Lipinski definition) is 2. The first-order valence-electron chi connectivity index (χ1n) is 6.87. The fraction of sp³-hybridized carbons (Fsp3) is 0.538. The lowest BCUT2D eigenvalue weighted by Gasteiger charge is -2.60. The normalized spacial score (nSPS) is 26.9. The second kappa shape index (κ2) is 4.75. The van der Waals surface area contributed by atoms with Crippen LogP contribution < -0.4 is 10.5 Å². The van der Waals surface area contributed by atoms with E-state index in [2.05, 4.69) is 4.72 Å². The van der Waals surface area contributed by atoms with Gasteiger partial charge in [0.15, 0.2) is 0 Å². The smallest absolute Gasteiger partial charge is 0.269 e. The Kier molecular flexibility index (Phi) is 3.27. The average molecular weight is 311 g/mol. The van der Waals surface area contributed by atoms with Crippen LogP contribution in [0.1, 0.15) is 25.7 Å². The van der Waals surface area contributed by atoms with Gasteiger partial charge in [-0.15, -0.1) is 0 Å². The van der Waals surface area contributed by atoms with E-state index in [0.717, 1.165) is 19.3 Å². The molecule has 0 heterocycles. The summed E-state index contributed by atoms with van der Waals surface area (Å²) in [5.74, 6) is 0. The highest BCUT2D eigenvalue weighted by atomic mass is 32.2. The van der Waals surface area contributed by atoms with Crippen molar-refractivity contribution in [1.82, 2.24) is 4.72 Å². The van der Waals surface area contributed by atoms with Crippen molar-refractivity contribution in [3.8, 4) is 0 Å². The lowest BCUT2D eigenvalue weighted by molar-refractivity contribution is -0.384. The van der Waals surface area contributed by atoms with E-state index in [0.29, 0.717) is 6.42 Å². The van der Waals surface area contributed by atoms with E-state index in [9.17, 15) is 18.5 Å². The lowest BCUT2D eigenvalue weighted by Crippen LogP contribution is -2.69. The molecular weight excluding hydrogens is 294 g/mol. The van der Waals surface area contributed by atoms with Gasteiger partial charge in [0.25, 0.3) is 5.69 Å². The molecule has 2 saturated carbocycles. The third-order valence-electron chi connectivity index (χ3n) is 4.86. The number of rotatable bonds is 4. The van der Waals surface area contributed by atoms with Gasteiger partial charge in [-0.2, -0.15) is 0 Å². The molecule has 1 spiro atoms. The Morgan fingerprint density at radius 1 is 1.29 bits per heavy atom. The van der Waals surface area contributed by atoms with Crippen molar-refractivity contribution in [1.29, 1.82) is 0 Å². The predicted octanol–water partition coefficient (Wildman–Crippen LogP) is 1.14. The van der Waals surface area contributed by atoms with Crippen LogP contribution in [0.2, 0.25) is 0 Å². The molecule has 3 N–H and O–H groups in total. The highest BCUT2D eigenvalue weighted by Gasteiger charge is 2.57. The predicted molar refractivity (Wildman–Crippen MR) is 76.1 cm³/mol. The quantitative estimate of drug-likeness (QED) is 0.639. The summed E-state index contributed by atoms with van der Waals surface area (Å²) in [6, 6.07) is 4.84. The van der Waals surface area contributed by atoms with Crippen molar-refractivity contribution in [2.75, 3.05) is 0 Å². The minimum absolute atomic E-state index is 0.0445. The molecule has 2 aliphatic rings. The van der Waals surface area contributed by atoms with E-state index in [4.69, 9.17) is 5.73 Å². The first-order valence-corrected chi connectivity index (χ1v) is 8.36. The number of sulfonamides is 1. The summed E-state index contributed by atoms with van der Waals surface area (Å²) in [5.41, 5.74) is 5.80. The molecular formula is C13H17N3O4S. The molecule has 7 nitrogen and oxygen atoms in total. The maximum atomic E-state index is 12.3. The number of hydrogen-bond acceptors (Lipinski definition) is 5. The summed E-state index contributed by atoms with van der Waals surface area (Å²) < 4.78 is 27.4. The van der Waals surface area contributed by atoms with E-state index in [-0.39, 0.29) is 28.1 Å². The minimum Gasteiger partial charge on any atom is -0.327 e. The van der Waals surface area contributed by atoms with Crippen LogP contribution in [-0.2, 0) is 10.0 Å². The molecule has 8 heteroatoms. The zero-order chi connectivity index (χ0) is 15.3. The van der Waals surface area contributed by atoms with Crippen molar-refractivity contribution >= 4 is 15.7 Å². The maximum Gasteiger partial charge on any atom is 0.269 e. The summed E-state index contributed by atoms with van der Waals surface area (Å²) in [4.78, 5) is 10.1. The average Bonchev–Trinajstić information content (AvgIpc) is 2.36. The zero-order valence-electron chi connectivity index (χ0n) is 11.4. The molecule has 0 aliphatic heterocycles. The SMILES string of the molecule is NC1CC(NS(=O)(=O)c2ccc([N+](=O)[O-])cc2)C12CCC2. The number of nitro groups is 1. The molecule has 0 radical (unpaired) electrons. The molecule has 0 bridgehead atoms. The second-order valence-corrected chi connectivity index (χ2v) is 7.57. The molecule has 2 atom stereocenters. The van der Waals surface area contributed by atoms with Gasteiger partial charge in [0.05, 0.1) is 9.82 Å². The summed E-state index contributed by atoms with van der Waals surface area (Å²) in [6.07, 6.45) is 3.65. The highest BCUT2D eigenvalue weighted by Crippen LogP contribution is 2.55. The molecule has 2 unspecified atom stereocenters. The van der Waals surface area contributed by atoms with Gasteiger partial charge in [0, 0.05) is 29.6 Å². The fourth-order valence-electron chi connectivity index (χ4n) is 3.29. The number of nitrogens with one attached hydrogen (secondary N) is 1. The Bertz CT molecular complexity index is 667. The van der Waals surface area contributed by atoms with E-state index in [1.54, 1.807) is 0 Å². The van der Waals surface area contributed by atoms with Crippen LogP contribution in [0.15, 0.2) is 29.2 Å². The van der Waals surface area contributed by atoms with E-state index < -0.39 is 14.9 Å². The van der Waals surface area contributed by atoms with E-state index >= 15 is 0 Å². The first kappa shape index (κ1) is 14.4. The molecule has 1 aromatic rings. The summed E-state index contributed by atoms with van der Waals surface area (Å²) in [6.45, 7) is 0. The molecule has 3 rings (SSSR count). The minimum atomic E-state index is -3.66. The van der Waals surface area contributed by atoms with Crippen molar-refractivity contribution < 1.29 is 13.3 Å². The summed E-state index contributed by atoms with van der Waals surface area (Å²) in [5, 5.41) is 10.6. The van der Waals surface area contributed by atoms with Crippen molar-refractivity contribution in [2.24, 2.45) is 11.1 Å². The van der Waals surface area contributed by atoms with E-state index in [1.807, 2.05) is 0 Å². The largest absolute Gasteiger partial charge is 0.327 e. The van der Waals surface area contributed by atoms with Gasteiger partial charge >= 0.3 is 0 Å². The lowest BCUT2D eigenvalue weighted by atomic mass is 9.50. The standard InChI is InChI=1S/C13H17N3O4S/c14-11-8-12(13(11)6-1-7-13)15-21(19,20)10-4-2-9(3-5-10)16(17)18/h2-5,11-12,15H,1,6-8,14H2. The second-order valence-electron chi connectivity index (χ2n) is 5.85. The number of nitro benzene ring substituents is 1. The molecule has 1 aromatic carbocycles. The zero-order valence-corrected chi connectivity index (χ0v) is 12.2. The van der Waals surface area contributed by atoms with Gasteiger partial charge in [0.2, 0.25) is 10.0 Å². The third-order valence-corrected chi connectivity index (χ3v) is 6.35. The number of non-ortho nitro benzene ring substituents is 1. The Morgan fingerprint density at radius 2 is 1.90 bits per heavy atom. The van der Waals surface area contributed by atoms with Gasteiger partial charge < -0.3 is 5.73 Å². The van der Waals surface area contributed by atoms with Crippen LogP contribution >= 0.6 is 0 Å². The van der Waals surface area contributed by atoms with Crippen LogP contribution in [0.3, 0.4) is 0 Å². The van der Waals surface area contributed by atoms with Gasteiger partial charge in [-0.3, -0.25) is 10.1 Å². The Morgan fingerprint density at radius 3 is 2.33 bits per heavy atom. The topological polar surface area (TPSA) is 115 Å². The highest BCUT2D eigenvalue weighted by molar-refractivity contribution is 7.89. The Labute approximate surface area is 122 Å². The van der Waals surface area contributed by atoms with Gasteiger partial charge in [-0.05, 0) is 31.4 Å². The van der Waals surface area contributed by atoms with Crippen LogP contribution in [-0.4, -0.2) is 25.4 Å². The van der Waals surface area contributed by atoms with Gasteiger partial charge in [-0.1, -0.05) is 6.42 Å². The van der Waals surface area contributed by atoms with Crippen LogP contribution in [0.5, 0.6) is 0 Å². The fourth-order valence-corrected chi connectivity index (χ4v) is 4.63. The summed E-state index contributed by atoms with van der Waals surface area (Å²) in [7, 11) is -3.66. The number of nitrogens with zero attached hydrogens (tertiary/aromatic N) is 1. The number of nitrogens with two attached hydrogens (primary N) is 1. The molecule has 21 heavy (non-hydrogen) atoms. The van der Waals surface area contributed by atoms with Crippen LogP contribution in [0.25, 0.3) is 0 Å². The molecule has 0 amide bonds. The summed E-state index contributed by atoms with van der Waals surface area (Å²) >= 11 is 0. The molecule has 2 aliphatic carbocycles. The Hall–Kier alpha value is -1.51. The molecule has 0 aromatic heterocycles.